The largest absolute Gasteiger partial charge is 0.417 e. The molecule has 0 radical (unpaired) electrons. The summed E-state index contributed by atoms with van der Waals surface area (Å²) in [6, 6.07) is 4.02. The van der Waals surface area contributed by atoms with Gasteiger partial charge in [0.15, 0.2) is 0 Å². The third kappa shape index (κ3) is 5.68. The molecule has 2 aromatic rings. The van der Waals surface area contributed by atoms with Crippen LogP contribution in [0.1, 0.15) is 42.6 Å². The van der Waals surface area contributed by atoms with Crippen molar-refractivity contribution in [2.75, 3.05) is 18.0 Å². The highest BCUT2D eigenvalue weighted by Crippen LogP contribution is 2.32. The van der Waals surface area contributed by atoms with Crippen molar-refractivity contribution in [3.8, 4) is 0 Å². The molecule has 0 saturated heterocycles. The minimum absolute atomic E-state index is 0.132. The first-order valence-electron chi connectivity index (χ1n) is 9.14. The highest BCUT2D eigenvalue weighted by molar-refractivity contribution is 7.90. The Morgan fingerprint density at radius 3 is 2.40 bits per heavy atom. The second-order valence-electron chi connectivity index (χ2n) is 6.41. The summed E-state index contributed by atoms with van der Waals surface area (Å²) in [5, 5.41) is 0. The lowest BCUT2D eigenvalue weighted by Gasteiger charge is -2.21. The molecule has 6 nitrogen and oxygen atoms in total. The van der Waals surface area contributed by atoms with Crippen molar-refractivity contribution in [2.24, 2.45) is 0 Å². The monoisotopic (exact) mass is 447 g/mol. The predicted octanol–water partition coefficient (Wildman–Crippen LogP) is 3.98. The Bertz CT molecular complexity index is 993. The number of aromatic nitrogens is 1. The van der Waals surface area contributed by atoms with E-state index >= 15 is 0 Å². The van der Waals surface area contributed by atoms with Crippen molar-refractivity contribution >= 4 is 21.7 Å². The molecule has 1 N–H and O–H groups in total. The fourth-order valence-corrected chi connectivity index (χ4v) is 3.60. The van der Waals surface area contributed by atoms with E-state index in [1.54, 1.807) is 4.72 Å². The summed E-state index contributed by atoms with van der Waals surface area (Å²) in [5.41, 5.74) is -2.58. The van der Waals surface area contributed by atoms with Crippen LogP contribution < -0.4 is 9.62 Å². The van der Waals surface area contributed by atoms with E-state index in [2.05, 4.69) is 4.98 Å². The predicted molar refractivity (Wildman–Crippen MR) is 103 cm³/mol. The van der Waals surface area contributed by atoms with Gasteiger partial charge >= 0.3 is 6.18 Å². The van der Waals surface area contributed by atoms with E-state index in [9.17, 15) is 30.8 Å². The molecule has 0 aliphatic rings. The van der Waals surface area contributed by atoms with Crippen molar-refractivity contribution in [3.63, 3.8) is 0 Å². The Morgan fingerprint density at radius 1 is 1.17 bits per heavy atom. The number of alkyl halides is 3. The van der Waals surface area contributed by atoms with Crippen LogP contribution in [0.2, 0.25) is 0 Å². The quantitative estimate of drug-likeness (QED) is 0.620. The molecular weight excluding hydrogens is 426 g/mol. The van der Waals surface area contributed by atoms with Crippen molar-refractivity contribution in [3.05, 3.63) is 53.5 Å². The molecule has 0 bridgehead atoms. The van der Waals surface area contributed by atoms with Crippen LogP contribution in [0.4, 0.5) is 23.4 Å². The standard InChI is InChI=1S/C19H21F4N3O3S/c1-3-5-10-26(4-2)17-9-7-14(12-24-17)30(28,29)25-18(27)15-8-6-13(20)11-16(15)19(21,22)23/h6-9,11-12H,3-5,10H2,1-2H3,(H,25,27). The van der Waals surface area contributed by atoms with Gasteiger partial charge in [0, 0.05) is 19.3 Å². The maximum absolute atomic E-state index is 13.2. The number of nitrogens with one attached hydrogen (secondary N) is 1. The number of nitrogens with zero attached hydrogens (tertiary/aromatic N) is 2. The molecule has 30 heavy (non-hydrogen) atoms. The number of anilines is 1. The molecule has 1 aromatic carbocycles. The summed E-state index contributed by atoms with van der Waals surface area (Å²) in [7, 11) is -4.49. The molecule has 11 heteroatoms. The van der Waals surface area contributed by atoms with Gasteiger partial charge in [-0.15, -0.1) is 0 Å². The number of unbranched alkanes of at least 4 members (excludes halogenated alkanes) is 1. The third-order valence-electron chi connectivity index (χ3n) is 4.28. The molecule has 1 aromatic heterocycles. The molecule has 0 saturated carbocycles. The molecule has 1 amide bonds. The van der Waals surface area contributed by atoms with E-state index in [1.807, 2.05) is 18.7 Å². The zero-order valence-corrected chi connectivity index (χ0v) is 17.1. The van der Waals surface area contributed by atoms with E-state index in [4.69, 9.17) is 0 Å². The maximum Gasteiger partial charge on any atom is 0.417 e. The molecule has 1 heterocycles. The Balaban J connectivity index is 2.26. The molecule has 0 fully saturated rings. The van der Waals surface area contributed by atoms with E-state index in [0.717, 1.165) is 25.6 Å². The van der Waals surface area contributed by atoms with Gasteiger partial charge in [0.05, 0.1) is 11.1 Å². The average Bonchev–Trinajstić information content (AvgIpc) is 2.68. The first-order chi connectivity index (χ1) is 14.0. The Hall–Kier alpha value is -2.69. The second-order valence-corrected chi connectivity index (χ2v) is 8.09. The molecule has 0 aliphatic carbocycles. The molecule has 0 unspecified atom stereocenters. The highest BCUT2D eigenvalue weighted by Gasteiger charge is 2.36. The summed E-state index contributed by atoms with van der Waals surface area (Å²) in [6.45, 7) is 5.34. The van der Waals surface area contributed by atoms with E-state index in [-0.39, 0.29) is 11.0 Å². The lowest BCUT2D eigenvalue weighted by molar-refractivity contribution is -0.138. The van der Waals surface area contributed by atoms with Gasteiger partial charge in [-0.2, -0.15) is 13.2 Å². The summed E-state index contributed by atoms with van der Waals surface area (Å²) < 4.78 is 78.8. The van der Waals surface area contributed by atoms with Gasteiger partial charge in [0.2, 0.25) is 0 Å². The van der Waals surface area contributed by atoms with Crippen LogP contribution in [0.5, 0.6) is 0 Å². The van der Waals surface area contributed by atoms with Gasteiger partial charge in [-0.1, -0.05) is 13.3 Å². The minimum atomic E-state index is -5.04. The fourth-order valence-electron chi connectivity index (χ4n) is 2.69. The number of carbonyl (C=O) groups is 1. The zero-order valence-electron chi connectivity index (χ0n) is 16.3. The van der Waals surface area contributed by atoms with Gasteiger partial charge in [-0.25, -0.2) is 22.5 Å². The maximum atomic E-state index is 13.2. The lowest BCUT2D eigenvalue weighted by atomic mass is 10.1. The minimum Gasteiger partial charge on any atom is -0.357 e. The Kier molecular flexibility index (Phi) is 7.40. The molecule has 164 valence electrons. The van der Waals surface area contributed by atoms with Crippen LogP contribution in [0.25, 0.3) is 0 Å². The number of amides is 1. The smallest absolute Gasteiger partial charge is 0.357 e. The van der Waals surface area contributed by atoms with Crippen molar-refractivity contribution in [1.29, 1.82) is 0 Å². The van der Waals surface area contributed by atoms with Gasteiger partial charge in [0.25, 0.3) is 15.9 Å². The molecule has 0 atom stereocenters. The van der Waals surface area contributed by atoms with Crippen LogP contribution in [-0.4, -0.2) is 32.4 Å². The third-order valence-corrected chi connectivity index (χ3v) is 5.59. The number of sulfonamides is 1. The number of halogens is 4. The van der Waals surface area contributed by atoms with Crippen LogP contribution in [0, 0.1) is 5.82 Å². The molecule has 2 rings (SSSR count). The first-order valence-corrected chi connectivity index (χ1v) is 10.6. The van der Waals surface area contributed by atoms with Crippen LogP contribution in [-0.2, 0) is 16.2 Å². The van der Waals surface area contributed by atoms with E-state index in [1.165, 1.54) is 12.1 Å². The van der Waals surface area contributed by atoms with Gasteiger partial charge in [-0.3, -0.25) is 4.79 Å². The highest BCUT2D eigenvalue weighted by atomic mass is 32.2. The van der Waals surface area contributed by atoms with Gasteiger partial charge < -0.3 is 4.90 Å². The number of benzene rings is 1. The number of rotatable bonds is 8. The topological polar surface area (TPSA) is 79.4 Å². The molecule has 0 spiro atoms. The van der Waals surface area contributed by atoms with E-state index in [0.29, 0.717) is 24.5 Å². The average molecular weight is 447 g/mol. The van der Waals surface area contributed by atoms with Crippen LogP contribution >= 0.6 is 0 Å². The summed E-state index contributed by atoms with van der Waals surface area (Å²) in [5.74, 6) is -2.19. The number of pyridine rings is 1. The molecule has 0 aliphatic heterocycles. The number of hydrogen-bond acceptors (Lipinski definition) is 5. The van der Waals surface area contributed by atoms with Crippen LogP contribution in [0.3, 0.4) is 0 Å². The molecular formula is C19H21F4N3O3S. The van der Waals surface area contributed by atoms with E-state index < -0.39 is 39.1 Å². The summed E-state index contributed by atoms with van der Waals surface area (Å²) in [6.07, 6.45) is -2.12. The van der Waals surface area contributed by atoms with Gasteiger partial charge in [-0.05, 0) is 43.7 Å². The SMILES string of the molecule is CCCCN(CC)c1ccc(S(=O)(=O)NC(=O)c2ccc(F)cc2C(F)(F)F)cn1. The zero-order chi connectivity index (χ0) is 22.5. The number of hydrogen-bond donors (Lipinski definition) is 1. The summed E-state index contributed by atoms with van der Waals surface area (Å²) >= 11 is 0. The lowest BCUT2D eigenvalue weighted by Crippen LogP contribution is -2.32. The van der Waals surface area contributed by atoms with Gasteiger partial charge in [0.1, 0.15) is 16.5 Å². The van der Waals surface area contributed by atoms with Crippen molar-refractivity contribution in [2.45, 2.75) is 37.8 Å². The summed E-state index contributed by atoms with van der Waals surface area (Å²) in [4.78, 5) is 17.8. The normalized spacial score (nSPS) is 11.9. The number of carbonyl (C=O) groups excluding carboxylic acids is 1. The Morgan fingerprint density at radius 2 is 1.87 bits per heavy atom. The first kappa shape index (κ1) is 23.6. The van der Waals surface area contributed by atoms with Crippen molar-refractivity contribution < 1.29 is 30.8 Å². The van der Waals surface area contributed by atoms with Crippen LogP contribution in [0.15, 0.2) is 41.4 Å². The Labute approximate surface area is 172 Å². The second kappa shape index (κ2) is 9.41. The van der Waals surface area contributed by atoms with Crippen molar-refractivity contribution in [1.82, 2.24) is 9.71 Å². The fraction of sp³-hybridized carbons (Fsp3) is 0.368.